The van der Waals surface area contributed by atoms with Gasteiger partial charge in [-0.15, -0.1) is 0 Å². The van der Waals surface area contributed by atoms with Crippen molar-refractivity contribution in [1.29, 1.82) is 0 Å². The van der Waals surface area contributed by atoms with E-state index in [1.54, 1.807) is 0 Å². The maximum absolute atomic E-state index is 6.04. The van der Waals surface area contributed by atoms with E-state index in [0.717, 1.165) is 13.1 Å². The highest BCUT2D eigenvalue weighted by Gasteiger charge is 2.30. The van der Waals surface area contributed by atoms with Crippen LogP contribution in [-0.2, 0) is 6.54 Å². The Bertz CT molecular complexity index is 374. The van der Waals surface area contributed by atoms with E-state index in [1.807, 2.05) is 10.9 Å². The Hall–Kier alpha value is -0.870. The van der Waals surface area contributed by atoms with Gasteiger partial charge in [0.05, 0.1) is 6.20 Å². The summed E-state index contributed by atoms with van der Waals surface area (Å²) in [5.74, 6) is 0.573. The third-order valence-corrected chi connectivity index (χ3v) is 4.24. The van der Waals surface area contributed by atoms with E-state index >= 15 is 0 Å². The molecule has 0 radical (unpaired) electrons. The smallest absolute Gasteiger partial charge is 0.0537 e. The fraction of sp³-hybridized carbons (Fsp3) is 0.800. The molecule has 0 bridgehead atoms. The minimum Gasteiger partial charge on any atom is -0.330 e. The van der Waals surface area contributed by atoms with Gasteiger partial charge in [-0.05, 0) is 51.7 Å². The van der Waals surface area contributed by atoms with Gasteiger partial charge in [-0.3, -0.25) is 9.58 Å². The van der Waals surface area contributed by atoms with Crippen molar-refractivity contribution >= 4 is 0 Å². The first-order valence-electron chi connectivity index (χ1n) is 7.76. The third-order valence-electron chi connectivity index (χ3n) is 4.24. The van der Waals surface area contributed by atoms with Gasteiger partial charge in [-0.2, -0.15) is 5.10 Å². The molecular weight excluding hydrogens is 236 g/mol. The van der Waals surface area contributed by atoms with E-state index in [0.29, 0.717) is 12.0 Å². The lowest BCUT2D eigenvalue weighted by Gasteiger charge is -2.34. The molecule has 1 aromatic rings. The van der Waals surface area contributed by atoms with Crippen LogP contribution in [-0.4, -0.2) is 34.3 Å². The molecule has 1 fully saturated rings. The zero-order valence-electron chi connectivity index (χ0n) is 12.4. The molecule has 1 aliphatic heterocycles. The highest BCUT2D eigenvalue weighted by atomic mass is 15.3. The van der Waals surface area contributed by atoms with Gasteiger partial charge in [-0.25, -0.2) is 0 Å². The van der Waals surface area contributed by atoms with E-state index in [1.165, 1.54) is 44.3 Å². The van der Waals surface area contributed by atoms with Crippen LogP contribution in [0.2, 0.25) is 0 Å². The van der Waals surface area contributed by atoms with Crippen molar-refractivity contribution in [2.45, 2.75) is 52.1 Å². The second kappa shape index (κ2) is 7.06. The normalized spacial score (nSPS) is 25.4. The Morgan fingerprint density at radius 2 is 2.21 bits per heavy atom. The van der Waals surface area contributed by atoms with Crippen molar-refractivity contribution in [3.63, 3.8) is 0 Å². The highest BCUT2D eigenvalue weighted by molar-refractivity contribution is 5.13. The molecule has 4 nitrogen and oxygen atoms in total. The second-order valence-corrected chi connectivity index (χ2v) is 5.60. The van der Waals surface area contributed by atoms with Crippen LogP contribution in [0.3, 0.4) is 0 Å². The minimum absolute atomic E-state index is 0.466. The van der Waals surface area contributed by atoms with Crippen LogP contribution in [0, 0.1) is 5.92 Å². The van der Waals surface area contributed by atoms with E-state index in [-0.39, 0.29) is 0 Å². The largest absolute Gasteiger partial charge is 0.330 e. The SMILES string of the molecule is CCCN1CCCCC(CN)C1c1cnn(CC)c1. The molecule has 2 N–H and O–H groups in total. The van der Waals surface area contributed by atoms with Crippen molar-refractivity contribution in [3.8, 4) is 0 Å². The summed E-state index contributed by atoms with van der Waals surface area (Å²) in [4.78, 5) is 2.63. The van der Waals surface area contributed by atoms with Crippen LogP contribution in [0.5, 0.6) is 0 Å². The summed E-state index contributed by atoms with van der Waals surface area (Å²) in [7, 11) is 0. The van der Waals surface area contributed by atoms with Crippen molar-refractivity contribution in [1.82, 2.24) is 14.7 Å². The molecule has 4 heteroatoms. The number of nitrogens with two attached hydrogens (primary N) is 1. The third kappa shape index (κ3) is 3.37. The number of likely N-dealkylation sites (tertiary alicyclic amines) is 1. The number of rotatable bonds is 5. The van der Waals surface area contributed by atoms with Crippen LogP contribution in [0.25, 0.3) is 0 Å². The quantitative estimate of drug-likeness (QED) is 0.888. The van der Waals surface area contributed by atoms with Gasteiger partial charge in [0.25, 0.3) is 0 Å². The second-order valence-electron chi connectivity index (χ2n) is 5.60. The predicted molar refractivity (Wildman–Crippen MR) is 78.9 cm³/mol. The molecule has 1 aromatic heterocycles. The van der Waals surface area contributed by atoms with Crippen molar-refractivity contribution in [2.24, 2.45) is 11.7 Å². The average Bonchev–Trinajstić information content (AvgIpc) is 2.81. The van der Waals surface area contributed by atoms with E-state index in [9.17, 15) is 0 Å². The number of hydrogen-bond donors (Lipinski definition) is 1. The number of hydrogen-bond acceptors (Lipinski definition) is 3. The van der Waals surface area contributed by atoms with Gasteiger partial charge in [0.15, 0.2) is 0 Å². The summed E-state index contributed by atoms with van der Waals surface area (Å²) in [6.45, 7) is 8.48. The monoisotopic (exact) mass is 264 g/mol. The van der Waals surface area contributed by atoms with Gasteiger partial charge >= 0.3 is 0 Å². The first-order chi connectivity index (χ1) is 9.30. The molecule has 108 valence electrons. The fourth-order valence-electron chi connectivity index (χ4n) is 3.29. The molecule has 2 heterocycles. The van der Waals surface area contributed by atoms with Crippen molar-refractivity contribution in [3.05, 3.63) is 18.0 Å². The lowest BCUT2D eigenvalue weighted by atomic mass is 9.91. The van der Waals surface area contributed by atoms with Crippen LogP contribution in [0.1, 0.15) is 51.1 Å². The molecule has 2 atom stereocenters. The first-order valence-corrected chi connectivity index (χ1v) is 7.76. The maximum Gasteiger partial charge on any atom is 0.0537 e. The molecule has 0 saturated carbocycles. The van der Waals surface area contributed by atoms with Gasteiger partial charge in [0.1, 0.15) is 0 Å². The zero-order valence-corrected chi connectivity index (χ0v) is 12.4. The molecule has 2 unspecified atom stereocenters. The standard InChI is InChI=1S/C15H28N4/c1-3-8-18-9-6-5-7-13(10-16)15(18)14-11-17-19(4-2)12-14/h11-13,15H,3-10,16H2,1-2H3. The lowest BCUT2D eigenvalue weighted by Crippen LogP contribution is -2.36. The molecule has 1 aliphatic rings. The summed E-state index contributed by atoms with van der Waals surface area (Å²) in [6, 6.07) is 0.466. The van der Waals surface area contributed by atoms with Crippen LogP contribution < -0.4 is 5.73 Å². The van der Waals surface area contributed by atoms with Crippen molar-refractivity contribution in [2.75, 3.05) is 19.6 Å². The Morgan fingerprint density at radius 1 is 1.37 bits per heavy atom. The molecular formula is C15H28N4. The molecule has 19 heavy (non-hydrogen) atoms. The van der Waals surface area contributed by atoms with Crippen molar-refractivity contribution < 1.29 is 0 Å². The topological polar surface area (TPSA) is 47.1 Å². The van der Waals surface area contributed by atoms with Gasteiger partial charge in [-0.1, -0.05) is 13.3 Å². The number of aryl methyl sites for hydroxylation is 1. The maximum atomic E-state index is 6.04. The number of nitrogens with zero attached hydrogens (tertiary/aromatic N) is 3. The summed E-state index contributed by atoms with van der Waals surface area (Å²) >= 11 is 0. The van der Waals surface area contributed by atoms with E-state index in [4.69, 9.17) is 5.73 Å². The van der Waals surface area contributed by atoms with Gasteiger partial charge < -0.3 is 5.73 Å². The van der Waals surface area contributed by atoms with E-state index < -0.39 is 0 Å². The summed E-state index contributed by atoms with van der Waals surface area (Å²) in [5.41, 5.74) is 7.40. The van der Waals surface area contributed by atoms with Gasteiger partial charge in [0, 0.05) is 24.3 Å². The summed E-state index contributed by atoms with van der Waals surface area (Å²) < 4.78 is 2.03. The molecule has 2 rings (SSSR count). The molecule has 0 spiro atoms. The lowest BCUT2D eigenvalue weighted by molar-refractivity contribution is 0.158. The average molecular weight is 264 g/mol. The Kier molecular flexibility index (Phi) is 5.40. The molecule has 0 amide bonds. The molecule has 0 aromatic carbocycles. The summed E-state index contributed by atoms with van der Waals surface area (Å²) in [6.07, 6.45) is 9.32. The van der Waals surface area contributed by atoms with Crippen LogP contribution in [0.4, 0.5) is 0 Å². The Labute approximate surface area is 117 Å². The minimum atomic E-state index is 0.466. The summed E-state index contributed by atoms with van der Waals surface area (Å²) in [5, 5.41) is 4.45. The first kappa shape index (κ1) is 14.5. The zero-order chi connectivity index (χ0) is 13.7. The Balaban J connectivity index is 2.25. The fourth-order valence-corrected chi connectivity index (χ4v) is 3.29. The van der Waals surface area contributed by atoms with E-state index in [2.05, 4.69) is 30.0 Å². The Morgan fingerprint density at radius 3 is 2.84 bits per heavy atom. The number of aromatic nitrogens is 2. The van der Waals surface area contributed by atoms with Gasteiger partial charge in [0.2, 0.25) is 0 Å². The highest BCUT2D eigenvalue weighted by Crippen LogP contribution is 2.34. The van der Waals surface area contributed by atoms with Crippen LogP contribution in [0.15, 0.2) is 12.4 Å². The predicted octanol–water partition coefficient (Wildman–Crippen LogP) is 2.41. The van der Waals surface area contributed by atoms with Crippen LogP contribution >= 0.6 is 0 Å². The molecule has 0 aliphatic carbocycles. The molecule has 1 saturated heterocycles.